The first-order valence-corrected chi connectivity index (χ1v) is 10.1. The van der Waals surface area contributed by atoms with Crippen molar-refractivity contribution in [2.24, 2.45) is 5.14 Å². The van der Waals surface area contributed by atoms with E-state index in [9.17, 15) is 18.5 Å². The normalized spacial score (nSPS) is 14.4. The molecule has 0 amide bonds. The number of aromatic nitrogens is 1. The van der Waals surface area contributed by atoms with E-state index in [0.29, 0.717) is 0 Å². The summed E-state index contributed by atoms with van der Waals surface area (Å²) >= 11 is 0. The van der Waals surface area contributed by atoms with Crippen molar-refractivity contribution in [2.45, 2.75) is 31.2 Å². The van der Waals surface area contributed by atoms with Crippen LogP contribution in [-0.4, -0.2) is 31.4 Å². The average Bonchev–Trinajstić information content (AvgIpc) is 3.14. The van der Waals surface area contributed by atoms with E-state index in [1.807, 2.05) is 19.1 Å². The molecule has 2 heterocycles. The number of nitro benzene ring substituents is 1. The SMILES string of the molecule is Cc1ccc(CNc2cc([N+](=O)[O-])ccc2S(N)(=O)=O)c(N2CCCC2)n1. The molecule has 0 radical (unpaired) electrons. The van der Waals surface area contributed by atoms with E-state index in [2.05, 4.69) is 15.2 Å². The van der Waals surface area contributed by atoms with Crippen molar-refractivity contribution in [1.29, 1.82) is 0 Å². The zero-order valence-corrected chi connectivity index (χ0v) is 15.7. The third kappa shape index (κ3) is 4.34. The van der Waals surface area contributed by atoms with Crippen LogP contribution in [0.15, 0.2) is 35.2 Å². The lowest BCUT2D eigenvalue weighted by atomic mass is 10.2. The second-order valence-electron chi connectivity index (χ2n) is 6.47. The molecule has 3 rings (SSSR count). The minimum Gasteiger partial charge on any atom is -0.380 e. The van der Waals surface area contributed by atoms with Crippen molar-refractivity contribution in [1.82, 2.24) is 4.98 Å². The summed E-state index contributed by atoms with van der Waals surface area (Å²) in [6.07, 6.45) is 2.20. The quantitative estimate of drug-likeness (QED) is 0.569. The first-order chi connectivity index (χ1) is 12.8. The minimum absolute atomic E-state index is 0.0969. The number of primary sulfonamides is 1. The summed E-state index contributed by atoms with van der Waals surface area (Å²) in [7, 11) is -4.02. The number of anilines is 2. The molecule has 10 heteroatoms. The largest absolute Gasteiger partial charge is 0.380 e. The van der Waals surface area contributed by atoms with Crippen LogP contribution in [0, 0.1) is 17.0 Å². The van der Waals surface area contributed by atoms with E-state index in [0.717, 1.165) is 55.1 Å². The number of nitro groups is 1. The maximum absolute atomic E-state index is 11.8. The molecule has 27 heavy (non-hydrogen) atoms. The third-order valence-corrected chi connectivity index (χ3v) is 5.42. The van der Waals surface area contributed by atoms with E-state index in [1.54, 1.807) is 0 Å². The van der Waals surface area contributed by atoms with Gasteiger partial charge in [0.1, 0.15) is 10.7 Å². The Labute approximate surface area is 157 Å². The number of rotatable bonds is 6. The molecule has 144 valence electrons. The van der Waals surface area contributed by atoms with Crippen LogP contribution in [0.25, 0.3) is 0 Å². The molecule has 1 fully saturated rings. The summed E-state index contributed by atoms with van der Waals surface area (Å²) in [4.78, 5) is 17.1. The molecule has 0 aliphatic carbocycles. The van der Waals surface area contributed by atoms with E-state index >= 15 is 0 Å². The third-order valence-electron chi connectivity index (χ3n) is 4.45. The second-order valence-corrected chi connectivity index (χ2v) is 8.00. The van der Waals surface area contributed by atoms with Gasteiger partial charge >= 0.3 is 0 Å². The van der Waals surface area contributed by atoms with Gasteiger partial charge in [-0.25, -0.2) is 18.5 Å². The van der Waals surface area contributed by atoms with Crippen molar-refractivity contribution < 1.29 is 13.3 Å². The fourth-order valence-electron chi connectivity index (χ4n) is 3.12. The van der Waals surface area contributed by atoms with Gasteiger partial charge in [0.25, 0.3) is 5.69 Å². The van der Waals surface area contributed by atoms with Crippen LogP contribution < -0.4 is 15.4 Å². The Morgan fingerprint density at radius 3 is 2.59 bits per heavy atom. The molecule has 1 aromatic carbocycles. The summed E-state index contributed by atoms with van der Waals surface area (Å²) in [5, 5.41) is 19.3. The van der Waals surface area contributed by atoms with Crippen molar-refractivity contribution in [3.05, 3.63) is 51.7 Å². The Hall–Kier alpha value is -2.72. The van der Waals surface area contributed by atoms with Crippen molar-refractivity contribution >= 4 is 27.2 Å². The van der Waals surface area contributed by atoms with Crippen molar-refractivity contribution in [3.8, 4) is 0 Å². The molecule has 0 bridgehead atoms. The van der Waals surface area contributed by atoms with Crippen LogP contribution in [0.5, 0.6) is 0 Å². The molecule has 1 aliphatic heterocycles. The molecule has 9 nitrogen and oxygen atoms in total. The van der Waals surface area contributed by atoms with Crippen LogP contribution in [0.2, 0.25) is 0 Å². The van der Waals surface area contributed by atoms with Crippen molar-refractivity contribution in [2.75, 3.05) is 23.3 Å². The van der Waals surface area contributed by atoms with Gasteiger partial charge in [-0.2, -0.15) is 0 Å². The van der Waals surface area contributed by atoms with E-state index in [-0.39, 0.29) is 22.8 Å². The maximum Gasteiger partial charge on any atom is 0.271 e. The number of benzene rings is 1. The predicted molar refractivity (Wildman–Crippen MR) is 102 cm³/mol. The molecular weight excluding hydrogens is 370 g/mol. The number of nitrogens with two attached hydrogens (primary N) is 1. The number of hydrogen-bond acceptors (Lipinski definition) is 7. The van der Waals surface area contributed by atoms with Gasteiger partial charge in [0, 0.05) is 43.0 Å². The molecule has 0 spiro atoms. The van der Waals surface area contributed by atoms with Gasteiger partial charge in [-0.3, -0.25) is 10.1 Å². The fourth-order valence-corrected chi connectivity index (χ4v) is 3.82. The number of aryl methyl sites for hydroxylation is 1. The Morgan fingerprint density at radius 1 is 1.26 bits per heavy atom. The highest BCUT2D eigenvalue weighted by Gasteiger charge is 2.20. The monoisotopic (exact) mass is 391 g/mol. The average molecular weight is 391 g/mol. The van der Waals surface area contributed by atoms with Gasteiger partial charge in [0.2, 0.25) is 10.0 Å². The molecule has 1 aromatic heterocycles. The smallest absolute Gasteiger partial charge is 0.271 e. The molecule has 0 atom stereocenters. The minimum atomic E-state index is -4.02. The Morgan fingerprint density at radius 2 is 1.96 bits per heavy atom. The Kier molecular flexibility index (Phi) is 5.29. The van der Waals surface area contributed by atoms with Gasteiger partial charge in [0.15, 0.2) is 0 Å². The highest BCUT2D eigenvalue weighted by atomic mass is 32.2. The summed E-state index contributed by atoms with van der Waals surface area (Å²) in [5.74, 6) is 0.850. The van der Waals surface area contributed by atoms with E-state index < -0.39 is 14.9 Å². The van der Waals surface area contributed by atoms with Gasteiger partial charge in [-0.1, -0.05) is 6.07 Å². The number of nitrogens with one attached hydrogen (secondary N) is 1. The second kappa shape index (κ2) is 7.49. The van der Waals surface area contributed by atoms with E-state index in [1.165, 1.54) is 6.07 Å². The summed E-state index contributed by atoms with van der Waals surface area (Å²) < 4.78 is 23.6. The molecule has 2 aromatic rings. The lowest BCUT2D eigenvalue weighted by Gasteiger charge is -2.21. The first-order valence-electron chi connectivity index (χ1n) is 8.52. The molecule has 0 saturated carbocycles. The van der Waals surface area contributed by atoms with Crippen LogP contribution in [0.1, 0.15) is 24.1 Å². The summed E-state index contributed by atoms with van der Waals surface area (Å²) in [6, 6.07) is 7.25. The standard InChI is InChI=1S/C17H21N5O4S/c1-12-4-5-13(17(20-12)21-8-2-3-9-21)11-19-15-10-14(22(23)24)6-7-16(15)27(18,25)26/h4-7,10,19H,2-3,8-9,11H2,1H3,(H2,18,25,26). The highest BCUT2D eigenvalue weighted by Crippen LogP contribution is 2.28. The fraction of sp³-hybridized carbons (Fsp3) is 0.353. The number of pyridine rings is 1. The maximum atomic E-state index is 11.8. The van der Waals surface area contributed by atoms with Gasteiger partial charge < -0.3 is 10.2 Å². The van der Waals surface area contributed by atoms with Crippen LogP contribution in [0.4, 0.5) is 17.2 Å². The number of sulfonamides is 1. The van der Waals surface area contributed by atoms with Gasteiger partial charge in [-0.15, -0.1) is 0 Å². The topological polar surface area (TPSA) is 131 Å². The van der Waals surface area contributed by atoms with Crippen LogP contribution in [0.3, 0.4) is 0 Å². The Bertz CT molecular complexity index is 971. The number of nitrogens with zero attached hydrogens (tertiary/aromatic N) is 3. The number of non-ortho nitro benzene ring substituents is 1. The molecular formula is C17H21N5O4S. The molecule has 1 saturated heterocycles. The van der Waals surface area contributed by atoms with Gasteiger partial charge in [-0.05, 0) is 31.9 Å². The molecule has 0 unspecified atom stereocenters. The van der Waals surface area contributed by atoms with E-state index in [4.69, 9.17) is 5.14 Å². The van der Waals surface area contributed by atoms with Crippen molar-refractivity contribution in [3.63, 3.8) is 0 Å². The molecule has 1 aliphatic rings. The lowest BCUT2D eigenvalue weighted by Crippen LogP contribution is -2.22. The molecule has 3 N–H and O–H groups in total. The summed E-state index contributed by atoms with van der Waals surface area (Å²) in [6.45, 7) is 4.02. The van der Waals surface area contributed by atoms with Gasteiger partial charge in [0.05, 0.1) is 10.6 Å². The van der Waals surface area contributed by atoms with Crippen LogP contribution in [-0.2, 0) is 16.6 Å². The number of hydrogen-bond donors (Lipinski definition) is 2. The Balaban J connectivity index is 1.93. The summed E-state index contributed by atoms with van der Waals surface area (Å²) in [5.41, 5.74) is 1.65. The lowest BCUT2D eigenvalue weighted by molar-refractivity contribution is -0.384. The first kappa shape index (κ1) is 19.1. The predicted octanol–water partition coefficient (Wildman–Crippen LogP) is 2.16. The zero-order chi connectivity index (χ0) is 19.6. The zero-order valence-electron chi connectivity index (χ0n) is 14.9. The highest BCUT2D eigenvalue weighted by molar-refractivity contribution is 7.89. The van der Waals surface area contributed by atoms with Crippen LogP contribution >= 0.6 is 0 Å².